The molecule has 0 amide bonds. The quantitative estimate of drug-likeness (QED) is 0.525. The van der Waals surface area contributed by atoms with Crippen LogP contribution in [0.5, 0.6) is 0 Å². The molecule has 0 radical (unpaired) electrons. The highest BCUT2D eigenvalue weighted by Gasteiger charge is 2.13. The van der Waals surface area contributed by atoms with E-state index in [0.29, 0.717) is 0 Å². The SMILES string of the molecule is CCC(C)(Cl)C=Nc1ccc(C)cc1. The van der Waals surface area contributed by atoms with Gasteiger partial charge in [0.2, 0.25) is 0 Å². The monoisotopic (exact) mass is 209 g/mol. The number of halogens is 1. The average Bonchev–Trinajstić information content (AvgIpc) is 2.17. The molecule has 1 unspecified atom stereocenters. The summed E-state index contributed by atoms with van der Waals surface area (Å²) in [7, 11) is 0. The Kier molecular flexibility index (Phi) is 3.70. The van der Waals surface area contributed by atoms with Crippen molar-refractivity contribution in [1.82, 2.24) is 0 Å². The van der Waals surface area contributed by atoms with Gasteiger partial charge in [-0.25, -0.2) is 0 Å². The normalized spacial score (nSPS) is 15.7. The van der Waals surface area contributed by atoms with Crippen molar-refractivity contribution in [3.8, 4) is 0 Å². The van der Waals surface area contributed by atoms with Crippen molar-refractivity contribution in [3.05, 3.63) is 29.8 Å². The lowest BCUT2D eigenvalue weighted by Crippen LogP contribution is -2.15. The molecule has 0 bridgehead atoms. The smallest absolute Gasteiger partial charge is 0.0766 e. The van der Waals surface area contributed by atoms with Crippen LogP contribution >= 0.6 is 11.6 Å². The summed E-state index contributed by atoms with van der Waals surface area (Å²) in [5.41, 5.74) is 2.20. The lowest BCUT2D eigenvalue weighted by atomic mass is 10.1. The summed E-state index contributed by atoms with van der Waals surface area (Å²) in [6.07, 6.45) is 2.68. The van der Waals surface area contributed by atoms with Crippen molar-refractivity contribution in [2.24, 2.45) is 4.99 Å². The van der Waals surface area contributed by atoms with E-state index < -0.39 is 0 Å². The molecule has 2 heteroatoms. The van der Waals surface area contributed by atoms with Gasteiger partial charge in [0.25, 0.3) is 0 Å². The van der Waals surface area contributed by atoms with Gasteiger partial charge in [0.05, 0.1) is 10.6 Å². The molecule has 0 heterocycles. The maximum absolute atomic E-state index is 6.15. The summed E-state index contributed by atoms with van der Waals surface area (Å²) < 4.78 is 0. The van der Waals surface area contributed by atoms with Gasteiger partial charge in [-0.1, -0.05) is 24.6 Å². The lowest BCUT2D eigenvalue weighted by Gasteiger charge is -2.12. The van der Waals surface area contributed by atoms with Crippen LogP contribution in [0.1, 0.15) is 25.8 Å². The maximum Gasteiger partial charge on any atom is 0.0766 e. The van der Waals surface area contributed by atoms with Crippen molar-refractivity contribution in [3.63, 3.8) is 0 Å². The predicted octanol–water partition coefficient (Wildman–Crippen LogP) is 4.10. The van der Waals surface area contributed by atoms with Crippen LogP contribution in [-0.2, 0) is 0 Å². The van der Waals surface area contributed by atoms with Gasteiger partial charge < -0.3 is 0 Å². The molecular weight excluding hydrogens is 194 g/mol. The molecule has 0 fully saturated rings. The Morgan fingerprint density at radius 1 is 1.36 bits per heavy atom. The first kappa shape index (κ1) is 11.3. The lowest BCUT2D eigenvalue weighted by molar-refractivity contribution is 0.796. The molecule has 0 aromatic heterocycles. The molecular formula is C12H16ClN. The second kappa shape index (κ2) is 4.61. The Hall–Kier alpha value is -0.820. The molecule has 0 aliphatic heterocycles. The number of rotatable bonds is 3. The standard InChI is InChI=1S/C12H16ClN/c1-4-12(3,13)9-14-11-7-5-10(2)6-8-11/h5-9H,4H2,1-3H3. The first-order valence-electron chi connectivity index (χ1n) is 4.84. The highest BCUT2D eigenvalue weighted by atomic mass is 35.5. The van der Waals surface area contributed by atoms with E-state index in [9.17, 15) is 0 Å². The fourth-order valence-electron chi connectivity index (χ4n) is 0.931. The second-order valence-corrected chi connectivity index (χ2v) is 4.59. The third-order valence-corrected chi connectivity index (χ3v) is 2.57. The van der Waals surface area contributed by atoms with Gasteiger partial charge in [0.15, 0.2) is 0 Å². The number of aliphatic imine (C=N–C) groups is 1. The van der Waals surface area contributed by atoms with Crippen molar-refractivity contribution >= 4 is 23.5 Å². The average molecular weight is 210 g/mol. The van der Waals surface area contributed by atoms with E-state index in [1.165, 1.54) is 5.56 Å². The highest BCUT2D eigenvalue weighted by molar-refractivity contribution is 6.32. The van der Waals surface area contributed by atoms with Gasteiger partial charge in [-0.2, -0.15) is 0 Å². The molecule has 0 N–H and O–H groups in total. The molecule has 1 aromatic rings. The van der Waals surface area contributed by atoms with E-state index in [2.05, 4.69) is 11.9 Å². The predicted molar refractivity (Wildman–Crippen MR) is 63.9 cm³/mol. The summed E-state index contributed by atoms with van der Waals surface area (Å²) >= 11 is 6.15. The number of benzene rings is 1. The molecule has 0 saturated heterocycles. The van der Waals surface area contributed by atoms with Gasteiger partial charge in [-0.05, 0) is 32.4 Å². The van der Waals surface area contributed by atoms with Crippen molar-refractivity contribution < 1.29 is 0 Å². The number of aryl methyl sites for hydroxylation is 1. The van der Waals surface area contributed by atoms with Crippen LogP contribution in [0.15, 0.2) is 29.3 Å². The minimum absolute atomic E-state index is 0.328. The second-order valence-electron chi connectivity index (χ2n) is 3.73. The molecule has 0 saturated carbocycles. The van der Waals surface area contributed by atoms with Gasteiger partial charge in [-0.15, -0.1) is 11.6 Å². The Morgan fingerprint density at radius 2 is 1.93 bits per heavy atom. The van der Waals surface area contributed by atoms with Crippen molar-refractivity contribution in [2.75, 3.05) is 0 Å². The number of hydrogen-bond donors (Lipinski definition) is 0. The number of alkyl halides is 1. The van der Waals surface area contributed by atoms with Crippen molar-refractivity contribution in [1.29, 1.82) is 0 Å². The van der Waals surface area contributed by atoms with Crippen LogP contribution in [0.25, 0.3) is 0 Å². The summed E-state index contributed by atoms with van der Waals surface area (Å²) in [5, 5.41) is 0. The fraction of sp³-hybridized carbons (Fsp3) is 0.417. The van der Waals surface area contributed by atoms with Crippen LogP contribution in [-0.4, -0.2) is 11.1 Å². The minimum Gasteiger partial charge on any atom is -0.259 e. The number of hydrogen-bond acceptors (Lipinski definition) is 1. The molecule has 1 aromatic carbocycles. The summed E-state index contributed by atoms with van der Waals surface area (Å²) in [4.78, 5) is 4.00. The summed E-state index contributed by atoms with van der Waals surface area (Å²) in [6, 6.07) is 8.08. The Bertz CT molecular complexity index is 312. The van der Waals surface area contributed by atoms with E-state index in [0.717, 1.165) is 12.1 Å². The van der Waals surface area contributed by atoms with Crippen LogP contribution < -0.4 is 0 Å². The zero-order valence-corrected chi connectivity index (χ0v) is 9.67. The van der Waals surface area contributed by atoms with Gasteiger partial charge >= 0.3 is 0 Å². The third-order valence-electron chi connectivity index (χ3n) is 2.21. The fourth-order valence-corrected chi connectivity index (χ4v) is 0.980. The van der Waals surface area contributed by atoms with E-state index >= 15 is 0 Å². The Morgan fingerprint density at radius 3 is 2.43 bits per heavy atom. The third kappa shape index (κ3) is 3.51. The van der Waals surface area contributed by atoms with E-state index in [1.807, 2.05) is 38.1 Å². The molecule has 0 aliphatic carbocycles. The first-order valence-corrected chi connectivity index (χ1v) is 5.22. The molecule has 1 rings (SSSR count). The van der Waals surface area contributed by atoms with E-state index in [1.54, 1.807) is 6.21 Å². The zero-order chi connectivity index (χ0) is 10.6. The molecule has 1 atom stereocenters. The summed E-state index contributed by atoms with van der Waals surface area (Å²) in [6.45, 7) is 6.08. The first-order chi connectivity index (χ1) is 6.53. The maximum atomic E-state index is 6.15. The topological polar surface area (TPSA) is 12.4 Å². The highest BCUT2D eigenvalue weighted by Crippen LogP contribution is 2.18. The number of nitrogens with zero attached hydrogens (tertiary/aromatic N) is 1. The van der Waals surface area contributed by atoms with Gasteiger partial charge in [0.1, 0.15) is 0 Å². The molecule has 76 valence electrons. The Balaban J connectivity index is 2.74. The van der Waals surface area contributed by atoms with Crippen LogP contribution in [0.3, 0.4) is 0 Å². The largest absolute Gasteiger partial charge is 0.259 e. The Labute approximate surface area is 90.8 Å². The minimum atomic E-state index is -0.328. The van der Waals surface area contributed by atoms with Crippen LogP contribution in [0.2, 0.25) is 0 Å². The summed E-state index contributed by atoms with van der Waals surface area (Å²) in [5.74, 6) is 0. The van der Waals surface area contributed by atoms with Crippen LogP contribution in [0.4, 0.5) is 5.69 Å². The van der Waals surface area contributed by atoms with E-state index in [4.69, 9.17) is 11.6 Å². The molecule has 0 spiro atoms. The van der Waals surface area contributed by atoms with Gasteiger partial charge in [-0.3, -0.25) is 4.99 Å². The molecule has 14 heavy (non-hydrogen) atoms. The molecule has 0 aliphatic rings. The van der Waals surface area contributed by atoms with Gasteiger partial charge in [0, 0.05) is 6.21 Å². The molecule has 1 nitrogen and oxygen atoms in total. The zero-order valence-electron chi connectivity index (χ0n) is 8.92. The van der Waals surface area contributed by atoms with E-state index in [-0.39, 0.29) is 4.87 Å². The van der Waals surface area contributed by atoms with Crippen LogP contribution in [0, 0.1) is 6.92 Å². The van der Waals surface area contributed by atoms with Crippen molar-refractivity contribution in [2.45, 2.75) is 32.1 Å².